The fourth-order valence-electron chi connectivity index (χ4n) is 3.48. The van der Waals surface area contributed by atoms with Crippen LogP contribution in [0.2, 0.25) is 0 Å². The lowest BCUT2D eigenvalue weighted by Crippen LogP contribution is -2.48. The number of nitrogens with one attached hydrogen (secondary N) is 1. The summed E-state index contributed by atoms with van der Waals surface area (Å²) in [6.45, 7) is 7.92. The maximum atomic E-state index is 12.4. The number of likely N-dealkylation sites (tertiary alicyclic amines) is 1. The number of nitrogens with zero attached hydrogens (tertiary/aromatic N) is 5. The van der Waals surface area contributed by atoms with Gasteiger partial charge >= 0.3 is 0 Å². The molecule has 3 rings (SSSR count). The van der Waals surface area contributed by atoms with Crippen LogP contribution in [0.3, 0.4) is 0 Å². The molecule has 0 aromatic carbocycles. The first kappa shape index (κ1) is 20.0. The smallest absolute Gasteiger partial charge is 0.237 e. The van der Waals surface area contributed by atoms with E-state index in [9.17, 15) is 4.79 Å². The lowest BCUT2D eigenvalue weighted by molar-refractivity contribution is -0.130. The summed E-state index contributed by atoms with van der Waals surface area (Å²) in [6, 6.07) is 7.93. The van der Waals surface area contributed by atoms with E-state index in [1.165, 1.54) is 0 Å². The fourth-order valence-corrected chi connectivity index (χ4v) is 3.48. The van der Waals surface area contributed by atoms with E-state index in [1.54, 1.807) is 11.1 Å². The van der Waals surface area contributed by atoms with Crippen LogP contribution in [-0.4, -0.2) is 50.2 Å². The molecular formula is C21H28N6O. The molecule has 0 radical (unpaired) electrons. The topological polar surface area (TPSA) is 86.8 Å². The van der Waals surface area contributed by atoms with Crippen molar-refractivity contribution in [1.82, 2.24) is 25.0 Å². The van der Waals surface area contributed by atoms with E-state index in [-0.39, 0.29) is 24.0 Å². The Morgan fingerprint density at radius 1 is 1.46 bits per heavy atom. The van der Waals surface area contributed by atoms with Crippen molar-refractivity contribution in [2.75, 3.05) is 13.1 Å². The molecule has 0 saturated carbocycles. The van der Waals surface area contributed by atoms with E-state index < -0.39 is 0 Å². The van der Waals surface area contributed by atoms with Crippen LogP contribution in [0, 0.1) is 18.3 Å². The van der Waals surface area contributed by atoms with Crippen molar-refractivity contribution in [2.45, 2.75) is 58.2 Å². The average molecular weight is 380 g/mol. The highest BCUT2D eigenvalue weighted by Crippen LogP contribution is 2.20. The minimum Gasteiger partial charge on any atom is -0.326 e. The fraction of sp³-hybridized carbons (Fsp3) is 0.524. The maximum Gasteiger partial charge on any atom is 0.237 e. The summed E-state index contributed by atoms with van der Waals surface area (Å²) in [5.41, 5.74) is 2.80. The monoisotopic (exact) mass is 380 g/mol. The van der Waals surface area contributed by atoms with Crippen LogP contribution in [-0.2, 0) is 11.3 Å². The van der Waals surface area contributed by atoms with Gasteiger partial charge in [0.05, 0.1) is 18.3 Å². The number of nitriles is 1. The van der Waals surface area contributed by atoms with Crippen LogP contribution in [0.4, 0.5) is 0 Å². The van der Waals surface area contributed by atoms with Gasteiger partial charge in [-0.25, -0.2) is 0 Å². The number of amides is 1. The molecule has 0 aliphatic carbocycles. The Balaban J connectivity index is 1.54. The molecule has 2 aromatic rings. The lowest BCUT2D eigenvalue weighted by atomic mass is 10.0. The molecule has 0 spiro atoms. The Labute approximate surface area is 166 Å². The van der Waals surface area contributed by atoms with Crippen LogP contribution < -0.4 is 5.32 Å². The van der Waals surface area contributed by atoms with E-state index in [4.69, 9.17) is 10.4 Å². The normalized spacial score (nSPS) is 16.9. The van der Waals surface area contributed by atoms with Gasteiger partial charge in [0.15, 0.2) is 0 Å². The van der Waals surface area contributed by atoms with E-state index in [0.717, 1.165) is 42.8 Å². The summed E-state index contributed by atoms with van der Waals surface area (Å²) in [7, 11) is 0. The SMILES string of the molecule is Cc1cc(-c2cccnc2)nn1CCC(C)(C)NCC(=O)N1CCCC1C#N. The molecule has 2 aromatic heterocycles. The number of carbonyl (C=O) groups is 1. The van der Waals surface area contributed by atoms with Crippen molar-refractivity contribution in [2.24, 2.45) is 0 Å². The third kappa shape index (κ3) is 4.76. The Hall–Kier alpha value is -2.72. The lowest BCUT2D eigenvalue weighted by Gasteiger charge is -2.28. The van der Waals surface area contributed by atoms with Gasteiger partial charge < -0.3 is 10.2 Å². The van der Waals surface area contributed by atoms with Crippen LogP contribution in [0.5, 0.6) is 0 Å². The van der Waals surface area contributed by atoms with Crippen LogP contribution in [0.15, 0.2) is 30.6 Å². The van der Waals surface area contributed by atoms with E-state index in [1.807, 2.05) is 29.9 Å². The quantitative estimate of drug-likeness (QED) is 0.798. The molecular weight excluding hydrogens is 352 g/mol. The Morgan fingerprint density at radius 2 is 2.29 bits per heavy atom. The molecule has 1 unspecified atom stereocenters. The molecule has 1 aliphatic heterocycles. The summed E-state index contributed by atoms with van der Waals surface area (Å²) >= 11 is 0. The minimum atomic E-state index is -0.268. The van der Waals surface area contributed by atoms with E-state index in [2.05, 4.69) is 36.3 Å². The van der Waals surface area contributed by atoms with Gasteiger partial charge in [0.1, 0.15) is 6.04 Å². The third-order valence-corrected chi connectivity index (χ3v) is 5.33. The van der Waals surface area contributed by atoms with Crippen LogP contribution in [0.1, 0.15) is 38.8 Å². The first-order valence-corrected chi connectivity index (χ1v) is 9.78. The summed E-state index contributed by atoms with van der Waals surface area (Å²) in [6.07, 6.45) is 6.09. The molecule has 28 heavy (non-hydrogen) atoms. The van der Waals surface area contributed by atoms with Crippen molar-refractivity contribution in [3.8, 4) is 17.3 Å². The third-order valence-electron chi connectivity index (χ3n) is 5.33. The summed E-state index contributed by atoms with van der Waals surface area (Å²) in [5.74, 6) is 0.00579. The maximum absolute atomic E-state index is 12.4. The van der Waals surface area contributed by atoms with Crippen LogP contribution in [0.25, 0.3) is 11.3 Å². The number of hydrogen-bond donors (Lipinski definition) is 1. The zero-order valence-corrected chi connectivity index (χ0v) is 16.9. The molecule has 1 N–H and O–H groups in total. The molecule has 1 aliphatic rings. The minimum absolute atomic E-state index is 0.00579. The van der Waals surface area contributed by atoms with Crippen molar-refractivity contribution in [3.05, 3.63) is 36.3 Å². The number of aryl methyl sites for hydroxylation is 2. The number of aromatic nitrogens is 3. The second kappa shape index (κ2) is 8.53. The zero-order valence-electron chi connectivity index (χ0n) is 16.9. The Kier molecular flexibility index (Phi) is 6.10. The first-order valence-electron chi connectivity index (χ1n) is 9.78. The number of hydrogen-bond acceptors (Lipinski definition) is 5. The molecule has 148 valence electrons. The largest absolute Gasteiger partial charge is 0.326 e. The van der Waals surface area contributed by atoms with Gasteiger partial charge in [-0.3, -0.25) is 14.5 Å². The molecule has 7 nitrogen and oxygen atoms in total. The standard InChI is InChI=1S/C21H28N6O/c1-16-12-19(17-6-4-9-23-14-17)25-27(16)11-8-21(2,3)24-15-20(28)26-10-5-7-18(26)13-22/h4,6,9,12,14,18,24H,5,7-8,10-11,15H2,1-3H3. The number of pyridine rings is 1. The van der Waals surface area contributed by atoms with Gasteiger partial charge in [-0.15, -0.1) is 0 Å². The summed E-state index contributed by atoms with van der Waals surface area (Å²) in [5, 5.41) is 17.2. The van der Waals surface area contributed by atoms with Crippen molar-refractivity contribution < 1.29 is 4.79 Å². The second-order valence-electron chi connectivity index (χ2n) is 8.00. The van der Waals surface area contributed by atoms with Gasteiger partial charge in [-0.2, -0.15) is 10.4 Å². The Bertz CT molecular complexity index is 852. The molecule has 0 bridgehead atoms. The predicted octanol–water partition coefficient (Wildman–Crippen LogP) is 2.53. The van der Waals surface area contributed by atoms with E-state index >= 15 is 0 Å². The molecule has 1 saturated heterocycles. The van der Waals surface area contributed by atoms with E-state index in [0.29, 0.717) is 6.54 Å². The van der Waals surface area contributed by atoms with Crippen LogP contribution >= 0.6 is 0 Å². The van der Waals surface area contributed by atoms with Crippen molar-refractivity contribution >= 4 is 5.91 Å². The van der Waals surface area contributed by atoms with Crippen molar-refractivity contribution in [3.63, 3.8) is 0 Å². The van der Waals surface area contributed by atoms with Gasteiger partial charge in [0, 0.05) is 42.3 Å². The first-order chi connectivity index (χ1) is 13.4. The highest BCUT2D eigenvalue weighted by atomic mass is 16.2. The molecule has 1 fully saturated rings. The number of carbonyl (C=O) groups excluding carboxylic acids is 1. The highest BCUT2D eigenvalue weighted by Gasteiger charge is 2.29. The van der Waals surface area contributed by atoms with Gasteiger partial charge in [0.25, 0.3) is 0 Å². The summed E-state index contributed by atoms with van der Waals surface area (Å²) in [4.78, 5) is 18.3. The predicted molar refractivity (Wildman–Crippen MR) is 107 cm³/mol. The highest BCUT2D eigenvalue weighted by molar-refractivity contribution is 5.79. The van der Waals surface area contributed by atoms with Gasteiger partial charge in [0.2, 0.25) is 5.91 Å². The molecule has 7 heteroatoms. The molecule has 3 heterocycles. The zero-order chi connectivity index (χ0) is 20.1. The average Bonchev–Trinajstić information content (AvgIpc) is 3.32. The molecule has 1 amide bonds. The van der Waals surface area contributed by atoms with Gasteiger partial charge in [-0.05, 0) is 58.2 Å². The second-order valence-corrected chi connectivity index (χ2v) is 8.00. The van der Waals surface area contributed by atoms with Crippen molar-refractivity contribution in [1.29, 1.82) is 5.26 Å². The van der Waals surface area contributed by atoms with Gasteiger partial charge in [-0.1, -0.05) is 0 Å². The Morgan fingerprint density at radius 3 is 3.00 bits per heavy atom. The number of rotatable bonds is 7. The summed E-state index contributed by atoms with van der Waals surface area (Å²) < 4.78 is 2.00. The molecule has 1 atom stereocenters.